The van der Waals surface area contributed by atoms with Crippen LogP contribution in [0, 0.1) is 5.82 Å². The van der Waals surface area contributed by atoms with Crippen molar-refractivity contribution in [2.45, 2.75) is 20.0 Å². The fourth-order valence-corrected chi connectivity index (χ4v) is 4.13. The van der Waals surface area contributed by atoms with E-state index in [0.29, 0.717) is 45.6 Å². The Kier molecular flexibility index (Phi) is 8.23. The van der Waals surface area contributed by atoms with Crippen molar-refractivity contribution in [1.82, 2.24) is 5.32 Å². The van der Waals surface area contributed by atoms with Gasteiger partial charge in [-0.3, -0.25) is 14.9 Å². The molecule has 1 heterocycles. The molecule has 7 nitrogen and oxygen atoms in total. The van der Waals surface area contributed by atoms with Gasteiger partial charge in [-0.15, -0.1) is 6.58 Å². The minimum Gasteiger partial charge on any atom is -0.490 e. The van der Waals surface area contributed by atoms with Gasteiger partial charge in [-0.25, -0.2) is 14.1 Å². The Balaban J connectivity index is 1.73. The van der Waals surface area contributed by atoms with Gasteiger partial charge in [0, 0.05) is 16.1 Å². The third-order valence-electron chi connectivity index (χ3n) is 5.63. The number of ether oxygens (including phenoxy) is 2. The molecule has 0 bridgehead atoms. The first-order valence-corrected chi connectivity index (χ1v) is 12.1. The number of imide groups is 2. The Morgan fingerprint density at radius 3 is 2.53 bits per heavy atom. The lowest BCUT2D eigenvalue weighted by Gasteiger charge is -2.26. The summed E-state index contributed by atoms with van der Waals surface area (Å²) in [6, 6.07) is 14.7. The number of urea groups is 1. The lowest BCUT2D eigenvalue weighted by Crippen LogP contribution is -2.54. The maximum absolute atomic E-state index is 13.8. The number of rotatable bonds is 9. The molecule has 1 N–H and O–H groups in total. The molecule has 38 heavy (non-hydrogen) atoms. The number of nitrogens with one attached hydrogen (secondary N) is 1. The molecule has 0 atom stereocenters. The lowest BCUT2D eigenvalue weighted by molar-refractivity contribution is -0.122. The lowest BCUT2D eigenvalue weighted by atomic mass is 10.0. The molecule has 1 aliphatic heterocycles. The summed E-state index contributed by atoms with van der Waals surface area (Å²) in [5.41, 5.74) is 1.65. The molecule has 0 spiro atoms. The van der Waals surface area contributed by atoms with Gasteiger partial charge in [-0.1, -0.05) is 41.9 Å². The maximum Gasteiger partial charge on any atom is 0.335 e. The molecule has 4 rings (SSSR count). The number of hydrogen-bond acceptors (Lipinski definition) is 5. The fraction of sp³-hybridized carbons (Fsp3) is 0.138. The Labute approximate surface area is 224 Å². The molecule has 1 fully saturated rings. The Morgan fingerprint density at radius 2 is 1.82 bits per heavy atom. The van der Waals surface area contributed by atoms with Crippen LogP contribution in [0.25, 0.3) is 6.08 Å². The summed E-state index contributed by atoms with van der Waals surface area (Å²) in [6.07, 6.45) is 3.44. The van der Waals surface area contributed by atoms with E-state index in [1.807, 2.05) is 25.1 Å². The van der Waals surface area contributed by atoms with Crippen molar-refractivity contribution in [3.8, 4) is 11.5 Å². The fourth-order valence-electron chi connectivity index (χ4n) is 3.94. The van der Waals surface area contributed by atoms with E-state index in [-0.39, 0.29) is 17.9 Å². The third kappa shape index (κ3) is 5.76. The quantitative estimate of drug-likeness (QED) is 0.211. The second-order valence-corrected chi connectivity index (χ2v) is 8.66. The number of allylic oxidation sites excluding steroid dienone is 1. The van der Waals surface area contributed by atoms with Crippen molar-refractivity contribution in [2.75, 3.05) is 11.5 Å². The topological polar surface area (TPSA) is 84.9 Å². The SMILES string of the molecule is C=CCc1cc(/C=C2\C(=O)NC(=O)N(c3cccc(F)c3)C2=O)cc(OCC)c1OCc1ccccc1Cl. The van der Waals surface area contributed by atoms with Crippen LogP contribution in [-0.4, -0.2) is 24.5 Å². The molecule has 0 saturated carbocycles. The molecule has 0 unspecified atom stereocenters. The molecule has 9 heteroatoms. The number of barbiturate groups is 1. The first-order valence-electron chi connectivity index (χ1n) is 11.8. The first kappa shape index (κ1) is 26.6. The number of hydrogen-bond donors (Lipinski definition) is 1. The number of amides is 4. The van der Waals surface area contributed by atoms with E-state index in [2.05, 4.69) is 11.9 Å². The molecule has 3 aromatic rings. The van der Waals surface area contributed by atoms with E-state index < -0.39 is 23.7 Å². The average Bonchev–Trinajstić information content (AvgIpc) is 2.87. The summed E-state index contributed by atoms with van der Waals surface area (Å²) < 4.78 is 25.7. The van der Waals surface area contributed by atoms with Crippen LogP contribution in [-0.2, 0) is 22.6 Å². The van der Waals surface area contributed by atoms with Crippen molar-refractivity contribution in [2.24, 2.45) is 0 Å². The molecule has 4 amide bonds. The molecular formula is C29H24ClFN2O5. The molecule has 1 aliphatic rings. The summed E-state index contributed by atoms with van der Waals surface area (Å²) in [5.74, 6) is -1.51. The zero-order valence-corrected chi connectivity index (χ0v) is 21.3. The molecular weight excluding hydrogens is 511 g/mol. The van der Waals surface area contributed by atoms with Gasteiger partial charge in [0.25, 0.3) is 11.8 Å². The average molecular weight is 535 g/mol. The van der Waals surface area contributed by atoms with Gasteiger partial charge in [-0.05, 0) is 61.4 Å². The van der Waals surface area contributed by atoms with E-state index in [4.69, 9.17) is 21.1 Å². The van der Waals surface area contributed by atoms with Crippen LogP contribution in [0.4, 0.5) is 14.9 Å². The summed E-state index contributed by atoms with van der Waals surface area (Å²) in [4.78, 5) is 39.0. The Bertz CT molecular complexity index is 1450. The predicted molar refractivity (Wildman–Crippen MR) is 143 cm³/mol. The summed E-state index contributed by atoms with van der Waals surface area (Å²) in [5, 5.41) is 2.70. The van der Waals surface area contributed by atoms with E-state index in [0.717, 1.165) is 11.6 Å². The summed E-state index contributed by atoms with van der Waals surface area (Å²) in [7, 11) is 0. The zero-order chi connectivity index (χ0) is 27.2. The highest BCUT2D eigenvalue weighted by atomic mass is 35.5. The van der Waals surface area contributed by atoms with Crippen molar-refractivity contribution < 1.29 is 28.2 Å². The monoisotopic (exact) mass is 534 g/mol. The minimum atomic E-state index is -0.964. The number of benzene rings is 3. The van der Waals surface area contributed by atoms with Crippen molar-refractivity contribution in [1.29, 1.82) is 0 Å². The van der Waals surface area contributed by atoms with Crippen molar-refractivity contribution >= 4 is 41.2 Å². The highest BCUT2D eigenvalue weighted by Gasteiger charge is 2.37. The largest absolute Gasteiger partial charge is 0.490 e. The standard InChI is InChI=1S/C29H24ClFN2O5/c1-3-8-19-13-18(15-25(37-4-2)26(19)38-17-20-9-5-6-12-24(20)30)14-23-27(34)32-29(36)33(28(23)35)22-11-7-10-21(31)16-22/h3,5-7,9-16H,1,4,8,17H2,2H3,(H,32,34,36)/b23-14+. The van der Waals surface area contributed by atoms with Crippen LogP contribution in [0.5, 0.6) is 11.5 Å². The maximum atomic E-state index is 13.8. The van der Waals surface area contributed by atoms with Crippen LogP contribution in [0.3, 0.4) is 0 Å². The Morgan fingerprint density at radius 1 is 1.03 bits per heavy atom. The number of halogens is 2. The van der Waals surface area contributed by atoms with Crippen LogP contribution in [0.1, 0.15) is 23.6 Å². The van der Waals surface area contributed by atoms with E-state index in [1.165, 1.54) is 24.3 Å². The van der Waals surface area contributed by atoms with Gasteiger partial charge in [0.15, 0.2) is 11.5 Å². The van der Waals surface area contributed by atoms with Crippen LogP contribution >= 0.6 is 11.6 Å². The molecule has 0 aromatic heterocycles. The van der Waals surface area contributed by atoms with Crippen LogP contribution in [0.15, 0.2) is 78.9 Å². The molecule has 1 saturated heterocycles. The third-order valence-corrected chi connectivity index (χ3v) is 6.00. The van der Waals surface area contributed by atoms with Gasteiger partial charge in [0.05, 0.1) is 12.3 Å². The summed E-state index contributed by atoms with van der Waals surface area (Å²) in [6.45, 7) is 6.14. The number of carbonyl (C=O) groups excluding carboxylic acids is 3. The number of nitrogens with zero attached hydrogens (tertiary/aromatic N) is 1. The van der Waals surface area contributed by atoms with Gasteiger partial charge < -0.3 is 9.47 Å². The smallest absolute Gasteiger partial charge is 0.335 e. The van der Waals surface area contributed by atoms with Crippen molar-refractivity contribution in [3.05, 3.63) is 106 Å². The van der Waals surface area contributed by atoms with Gasteiger partial charge in [0.2, 0.25) is 0 Å². The normalized spacial score (nSPS) is 14.4. The minimum absolute atomic E-state index is 0.00317. The van der Waals surface area contributed by atoms with E-state index >= 15 is 0 Å². The molecule has 194 valence electrons. The summed E-state index contributed by atoms with van der Waals surface area (Å²) >= 11 is 6.27. The van der Waals surface area contributed by atoms with Gasteiger partial charge in [-0.2, -0.15) is 0 Å². The zero-order valence-electron chi connectivity index (χ0n) is 20.5. The van der Waals surface area contributed by atoms with Crippen LogP contribution in [0.2, 0.25) is 5.02 Å². The van der Waals surface area contributed by atoms with Gasteiger partial charge >= 0.3 is 6.03 Å². The molecule has 0 radical (unpaired) electrons. The van der Waals surface area contributed by atoms with E-state index in [1.54, 1.807) is 24.3 Å². The van der Waals surface area contributed by atoms with Crippen LogP contribution < -0.4 is 19.7 Å². The van der Waals surface area contributed by atoms with Gasteiger partial charge in [0.1, 0.15) is 18.0 Å². The number of anilines is 1. The highest BCUT2D eigenvalue weighted by molar-refractivity contribution is 6.39. The number of carbonyl (C=O) groups is 3. The predicted octanol–water partition coefficient (Wildman–Crippen LogP) is 5.85. The Hall–Kier alpha value is -4.43. The highest BCUT2D eigenvalue weighted by Crippen LogP contribution is 2.36. The molecule has 0 aliphatic carbocycles. The first-order chi connectivity index (χ1) is 18.3. The van der Waals surface area contributed by atoms with Crippen molar-refractivity contribution in [3.63, 3.8) is 0 Å². The second kappa shape index (κ2) is 11.7. The van der Waals surface area contributed by atoms with E-state index in [9.17, 15) is 18.8 Å². The molecule has 3 aromatic carbocycles. The second-order valence-electron chi connectivity index (χ2n) is 8.25.